The number of ether oxygens (including phenoxy) is 1. The van der Waals surface area contributed by atoms with Gasteiger partial charge in [0, 0.05) is 30.1 Å². The summed E-state index contributed by atoms with van der Waals surface area (Å²) in [5, 5.41) is 2.05. The molecule has 8 heteroatoms. The van der Waals surface area contributed by atoms with Crippen molar-refractivity contribution in [1.29, 1.82) is 0 Å². The van der Waals surface area contributed by atoms with Gasteiger partial charge < -0.3 is 19.4 Å². The topological polar surface area (TPSA) is 53.1 Å². The molecule has 2 aromatic carbocycles. The van der Waals surface area contributed by atoms with Crippen molar-refractivity contribution in [2.45, 2.75) is 32.2 Å². The molecule has 0 bridgehead atoms. The van der Waals surface area contributed by atoms with E-state index in [1.807, 2.05) is 41.5 Å². The Morgan fingerprint density at radius 3 is 2.50 bits per heavy atom. The van der Waals surface area contributed by atoms with E-state index in [1.165, 1.54) is 29.9 Å². The Morgan fingerprint density at radius 2 is 1.76 bits per heavy atom. The third-order valence-corrected chi connectivity index (χ3v) is 8.43. The number of hydrogen-bond donors (Lipinski definition) is 0. The zero-order valence-corrected chi connectivity index (χ0v) is 22.6. The molecule has 0 saturated carbocycles. The number of thiophene rings is 1. The Hall–Kier alpha value is -3.23. The second kappa shape index (κ2) is 12.1. The number of carbonyl (C=O) groups excluding carboxylic acids is 2. The Kier molecular flexibility index (Phi) is 8.39. The second-order valence-corrected chi connectivity index (χ2v) is 11.1. The largest absolute Gasteiger partial charge is 0.491 e. The number of fused-ring (bicyclic) bond motifs is 1. The molecule has 2 aliphatic heterocycles. The van der Waals surface area contributed by atoms with Crippen LogP contribution in [0.15, 0.2) is 60.0 Å². The molecule has 0 unspecified atom stereocenters. The van der Waals surface area contributed by atoms with Crippen LogP contribution >= 0.6 is 11.3 Å². The Balaban J connectivity index is 1.33. The monoisotopic (exact) mass is 535 g/mol. The SMILES string of the molecule is Cc1ccc(C(=O)N(CCN2CCCC2)CC(=O)N2CCc3sccc3[C@H]2COc2ccc(F)cc2)cc1. The third-order valence-electron chi connectivity index (χ3n) is 7.43. The standard InChI is InChI=1S/C30H34FN3O3S/c1-22-4-6-23(7-5-22)30(36)33(18-17-32-14-2-3-15-32)20-29(35)34-16-12-28-26(13-19-38-28)27(34)21-37-25-10-8-24(31)9-11-25/h4-11,13,19,27H,2-3,12,14-18,20-21H2,1H3/t27-/m1/s1. The summed E-state index contributed by atoms with van der Waals surface area (Å²) in [6, 6.07) is 15.2. The predicted molar refractivity (Wildman–Crippen MR) is 147 cm³/mol. The summed E-state index contributed by atoms with van der Waals surface area (Å²) >= 11 is 1.69. The van der Waals surface area contributed by atoms with E-state index in [9.17, 15) is 14.0 Å². The van der Waals surface area contributed by atoms with Gasteiger partial charge in [-0.1, -0.05) is 17.7 Å². The minimum absolute atomic E-state index is 0.0209. The van der Waals surface area contributed by atoms with Crippen molar-refractivity contribution in [3.05, 3.63) is 87.4 Å². The van der Waals surface area contributed by atoms with Crippen LogP contribution in [-0.2, 0) is 11.2 Å². The maximum absolute atomic E-state index is 13.8. The van der Waals surface area contributed by atoms with Gasteiger partial charge >= 0.3 is 0 Å². The molecule has 1 fully saturated rings. The molecule has 5 rings (SSSR count). The fraction of sp³-hybridized carbons (Fsp3) is 0.400. The van der Waals surface area contributed by atoms with Crippen molar-refractivity contribution in [1.82, 2.24) is 14.7 Å². The molecule has 3 aromatic rings. The number of aryl methyl sites for hydroxylation is 1. The second-order valence-electron chi connectivity index (χ2n) is 10.1. The van der Waals surface area contributed by atoms with Crippen molar-refractivity contribution in [3.63, 3.8) is 0 Å². The van der Waals surface area contributed by atoms with Crippen LogP contribution in [0.2, 0.25) is 0 Å². The highest BCUT2D eigenvalue weighted by atomic mass is 32.1. The van der Waals surface area contributed by atoms with Crippen molar-refractivity contribution in [2.24, 2.45) is 0 Å². The van der Waals surface area contributed by atoms with E-state index in [1.54, 1.807) is 28.4 Å². The normalized spacial score (nSPS) is 17.3. The van der Waals surface area contributed by atoms with Crippen LogP contribution in [0.25, 0.3) is 0 Å². The fourth-order valence-corrected chi connectivity index (χ4v) is 6.16. The first-order chi connectivity index (χ1) is 18.5. The molecule has 2 amide bonds. The van der Waals surface area contributed by atoms with Gasteiger partial charge in [0.1, 0.15) is 24.7 Å². The Labute approximate surface area is 227 Å². The number of benzene rings is 2. The van der Waals surface area contributed by atoms with Crippen molar-refractivity contribution in [3.8, 4) is 5.75 Å². The molecule has 0 N–H and O–H groups in total. The van der Waals surface area contributed by atoms with Gasteiger partial charge in [-0.25, -0.2) is 4.39 Å². The van der Waals surface area contributed by atoms with Crippen LogP contribution in [0.4, 0.5) is 4.39 Å². The van der Waals surface area contributed by atoms with Crippen molar-refractivity contribution < 1.29 is 18.7 Å². The van der Waals surface area contributed by atoms with Crippen LogP contribution in [0.5, 0.6) is 5.75 Å². The van der Waals surface area contributed by atoms with E-state index in [4.69, 9.17) is 4.74 Å². The summed E-state index contributed by atoms with van der Waals surface area (Å²) in [5.41, 5.74) is 2.77. The van der Waals surface area contributed by atoms with Crippen LogP contribution < -0.4 is 4.74 Å². The summed E-state index contributed by atoms with van der Waals surface area (Å²) in [4.78, 5) is 34.5. The molecule has 1 aromatic heterocycles. The Bertz CT molecular complexity index is 1240. The average molecular weight is 536 g/mol. The molecule has 0 aliphatic carbocycles. The molecule has 200 valence electrons. The molecule has 6 nitrogen and oxygen atoms in total. The highest BCUT2D eigenvalue weighted by Crippen LogP contribution is 2.34. The molecule has 1 atom stereocenters. The Morgan fingerprint density at radius 1 is 1.03 bits per heavy atom. The summed E-state index contributed by atoms with van der Waals surface area (Å²) in [6.45, 7) is 6.19. The summed E-state index contributed by atoms with van der Waals surface area (Å²) in [6.07, 6.45) is 3.14. The van der Waals surface area contributed by atoms with Gasteiger partial charge in [0.05, 0.1) is 6.04 Å². The number of amides is 2. The van der Waals surface area contributed by atoms with Gasteiger partial charge in [0.15, 0.2) is 0 Å². The molecule has 3 heterocycles. The lowest BCUT2D eigenvalue weighted by Crippen LogP contribution is -2.49. The minimum atomic E-state index is -0.320. The van der Waals surface area contributed by atoms with E-state index in [0.717, 1.165) is 37.2 Å². The van der Waals surface area contributed by atoms with Crippen molar-refractivity contribution in [2.75, 3.05) is 45.9 Å². The highest BCUT2D eigenvalue weighted by molar-refractivity contribution is 7.10. The fourth-order valence-electron chi connectivity index (χ4n) is 5.23. The van der Waals surface area contributed by atoms with Gasteiger partial charge in [-0.15, -0.1) is 11.3 Å². The summed E-state index contributed by atoms with van der Waals surface area (Å²) < 4.78 is 19.4. The molecular formula is C30H34FN3O3S. The van der Waals surface area contributed by atoms with Gasteiger partial charge in [0.25, 0.3) is 5.91 Å². The first-order valence-corrected chi connectivity index (χ1v) is 14.2. The maximum Gasteiger partial charge on any atom is 0.254 e. The van der Waals surface area contributed by atoms with E-state index in [0.29, 0.717) is 24.4 Å². The quantitative estimate of drug-likeness (QED) is 0.390. The van der Waals surface area contributed by atoms with Crippen molar-refractivity contribution >= 4 is 23.2 Å². The first-order valence-electron chi connectivity index (χ1n) is 13.3. The van der Waals surface area contributed by atoms with E-state index in [2.05, 4.69) is 11.0 Å². The first kappa shape index (κ1) is 26.4. The van der Waals surface area contributed by atoms with Gasteiger partial charge in [-0.05, 0) is 92.7 Å². The van der Waals surface area contributed by atoms with Gasteiger partial charge in [-0.3, -0.25) is 9.59 Å². The molecular weight excluding hydrogens is 501 g/mol. The third kappa shape index (κ3) is 6.25. The predicted octanol–water partition coefficient (Wildman–Crippen LogP) is 4.94. The zero-order valence-electron chi connectivity index (χ0n) is 21.8. The van der Waals surface area contributed by atoms with Crippen LogP contribution in [-0.4, -0.2) is 72.4 Å². The molecule has 0 spiro atoms. The van der Waals surface area contributed by atoms with E-state index in [-0.39, 0.29) is 36.8 Å². The molecule has 38 heavy (non-hydrogen) atoms. The van der Waals surface area contributed by atoms with E-state index >= 15 is 0 Å². The minimum Gasteiger partial charge on any atom is -0.491 e. The van der Waals surface area contributed by atoms with Gasteiger partial charge in [-0.2, -0.15) is 0 Å². The molecule has 0 radical (unpaired) electrons. The zero-order chi connectivity index (χ0) is 26.5. The smallest absolute Gasteiger partial charge is 0.254 e. The lowest BCUT2D eigenvalue weighted by atomic mass is 10.0. The van der Waals surface area contributed by atoms with Crippen LogP contribution in [0, 0.1) is 12.7 Å². The number of hydrogen-bond acceptors (Lipinski definition) is 5. The van der Waals surface area contributed by atoms with E-state index < -0.39 is 0 Å². The lowest BCUT2D eigenvalue weighted by Gasteiger charge is -2.37. The number of nitrogens with zero attached hydrogens (tertiary/aromatic N) is 3. The number of rotatable bonds is 9. The molecule has 2 aliphatic rings. The highest BCUT2D eigenvalue weighted by Gasteiger charge is 2.34. The van der Waals surface area contributed by atoms with Crippen LogP contribution in [0.3, 0.4) is 0 Å². The molecule has 1 saturated heterocycles. The summed E-state index contributed by atoms with van der Waals surface area (Å²) in [5.74, 6) is 0.0310. The van der Waals surface area contributed by atoms with Gasteiger partial charge in [0.2, 0.25) is 5.91 Å². The lowest BCUT2D eigenvalue weighted by molar-refractivity contribution is -0.135. The maximum atomic E-state index is 13.8. The average Bonchev–Trinajstić information content (AvgIpc) is 3.63. The number of likely N-dealkylation sites (tertiary alicyclic amines) is 1. The number of carbonyl (C=O) groups is 2. The number of halogens is 1. The van der Waals surface area contributed by atoms with Crippen LogP contribution in [0.1, 0.15) is 45.2 Å². The summed E-state index contributed by atoms with van der Waals surface area (Å²) in [7, 11) is 0.